The van der Waals surface area contributed by atoms with Crippen molar-refractivity contribution in [2.45, 2.75) is 18.7 Å². The number of allylic oxidation sites excluding steroid dienone is 2. The molecule has 0 unspecified atom stereocenters. The maximum absolute atomic E-state index is 12.2. The van der Waals surface area contributed by atoms with Gasteiger partial charge >= 0.3 is 4.83 Å². The van der Waals surface area contributed by atoms with Gasteiger partial charge in [-0.1, -0.05) is 5.57 Å². The van der Waals surface area contributed by atoms with E-state index in [1.165, 1.54) is 0 Å². The molecule has 0 rings (SSSR count). The third kappa shape index (κ3) is 3.50. The second-order valence-corrected chi connectivity index (χ2v) is 3.89. The third-order valence-electron chi connectivity index (χ3n) is 0.688. The Bertz CT molecular complexity index is 132. The van der Waals surface area contributed by atoms with E-state index in [2.05, 4.69) is 15.9 Å². The minimum atomic E-state index is -2.84. The summed E-state index contributed by atoms with van der Waals surface area (Å²) in [6.07, 6.45) is 0. The monoisotopic (exact) mass is 310 g/mol. The summed E-state index contributed by atoms with van der Waals surface area (Å²) in [6, 6.07) is 0. The van der Waals surface area contributed by atoms with E-state index in [0.717, 1.165) is 0 Å². The van der Waals surface area contributed by atoms with Crippen LogP contribution in [-0.4, -0.2) is 4.83 Å². The van der Waals surface area contributed by atoms with E-state index in [1.54, 1.807) is 36.4 Å². The van der Waals surface area contributed by atoms with Crippen LogP contribution in [0.3, 0.4) is 0 Å². The molecule has 0 atom stereocenters. The van der Waals surface area contributed by atoms with Gasteiger partial charge in [-0.2, -0.15) is 8.78 Å². The molecule has 4 heteroatoms. The Morgan fingerprint density at radius 3 is 1.78 bits per heavy atom. The molecule has 0 aromatic rings. The van der Waals surface area contributed by atoms with E-state index in [9.17, 15) is 8.78 Å². The third-order valence-corrected chi connectivity index (χ3v) is 3.58. The lowest BCUT2D eigenvalue weighted by atomic mass is 10.3. The molecule has 0 fully saturated rings. The molecule has 0 nitrogen and oxygen atoms in total. The largest absolute Gasteiger partial charge is 0.332 e. The van der Waals surface area contributed by atoms with Gasteiger partial charge in [-0.15, -0.1) is 0 Å². The summed E-state index contributed by atoms with van der Waals surface area (Å²) in [5, 5.41) is 0. The predicted octanol–water partition coefficient (Wildman–Crippen LogP) is 3.70. The zero-order valence-corrected chi connectivity index (χ0v) is 8.76. The van der Waals surface area contributed by atoms with Crippen molar-refractivity contribution in [1.82, 2.24) is 0 Å². The van der Waals surface area contributed by atoms with E-state index in [-0.39, 0.29) is 3.58 Å². The maximum Gasteiger partial charge on any atom is 0.332 e. The molecule has 0 amide bonds. The van der Waals surface area contributed by atoms with Crippen LogP contribution in [0.2, 0.25) is 0 Å². The fraction of sp³-hybridized carbons (Fsp3) is 0.600. The van der Waals surface area contributed by atoms with E-state index >= 15 is 0 Å². The molecule has 54 valence electrons. The molecule has 0 aromatic heterocycles. The van der Waals surface area contributed by atoms with Crippen LogP contribution in [0.25, 0.3) is 0 Å². The highest BCUT2D eigenvalue weighted by Crippen LogP contribution is 2.36. The first-order valence-corrected chi connectivity index (χ1v) is 4.13. The summed E-state index contributed by atoms with van der Waals surface area (Å²) in [6.45, 7) is 3.30. The van der Waals surface area contributed by atoms with Crippen LogP contribution in [0.1, 0.15) is 13.8 Å². The topological polar surface area (TPSA) is 0 Å². The molecular formula is C5H6BrF2I. The van der Waals surface area contributed by atoms with Crippen molar-refractivity contribution in [2.75, 3.05) is 0 Å². The van der Waals surface area contributed by atoms with Crippen LogP contribution >= 0.6 is 38.5 Å². The fourth-order valence-electron chi connectivity index (χ4n) is 0.283. The van der Waals surface area contributed by atoms with Crippen molar-refractivity contribution in [3.05, 3.63) is 9.15 Å². The van der Waals surface area contributed by atoms with Gasteiger partial charge in [0.15, 0.2) is 0 Å². The van der Waals surface area contributed by atoms with Crippen LogP contribution in [-0.2, 0) is 0 Å². The number of hydrogen-bond acceptors (Lipinski definition) is 0. The zero-order valence-electron chi connectivity index (χ0n) is 5.01. The normalized spacial score (nSPS) is 11.3. The van der Waals surface area contributed by atoms with Gasteiger partial charge in [0.25, 0.3) is 0 Å². The lowest BCUT2D eigenvalue weighted by Crippen LogP contribution is -2.04. The number of halogens is 4. The molecular weight excluding hydrogens is 305 g/mol. The van der Waals surface area contributed by atoms with Gasteiger partial charge in [0.05, 0.1) is 3.58 Å². The van der Waals surface area contributed by atoms with Crippen LogP contribution < -0.4 is 0 Å². The Morgan fingerprint density at radius 1 is 1.44 bits per heavy atom. The molecule has 0 aromatic carbocycles. The zero-order chi connectivity index (χ0) is 7.65. The molecule has 0 saturated heterocycles. The summed E-state index contributed by atoms with van der Waals surface area (Å²) in [5.74, 6) is 0. The Balaban J connectivity index is 4.40. The Labute approximate surface area is 75.0 Å². The minimum absolute atomic E-state index is 0.0556. The number of hydrogen-bond donors (Lipinski definition) is 0. The van der Waals surface area contributed by atoms with Gasteiger partial charge in [0.1, 0.15) is 0 Å². The molecule has 0 saturated carbocycles. The Kier molecular flexibility index (Phi) is 3.57. The van der Waals surface area contributed by atoms with Crippen molar-refractivity contribution in [3.8, 4) is 0 Å². The van der Waals surface area contributed by atoms with Gasteiger partial charge in [0, 0.05) is 0 Å². The first kappa shape index (κ1) is 9.81. The van der Waals surface area contributed by atoms with Crippen LogP contribution in [0.5, 0.6) is 0 Å². The van der Waals surface area contributed by atoms with Crippen LogP contribution in [0, 0.1) is 0 Å². The molecule has 0 aliphatic rings. The van der Waals surface area contributed by atoms with Gasteiger partial charge in [-0.3, -0.25) is 0 Å². The second-order valence-electron chi connectivity index (χ2n) is 1.81. The van der Waals surface area contributed by atoms with Crippen molar-refractivity contribution in [1.29, 1.82) is 0 Å². The SMILES string of the molecule is CC(C)=C(I)C(F)(F)Br. The highest BCUT2D eigenvalue weighted by atomic mass is 127. The molecule has 0 aliphatic heterocycles. The summed E-state index contributed by atoms with van der Waals surface area (Å²) < 4.78 is 24.5. The summed E-state index contributed by atoms with van der Waals surface area (Å²) in [4.78, 5) is -2.84. The molecule has 0 spiro atoms. The molecule has 0 aliphatic carbocycles. The van der Waals surface area contributed by atoms with E-state index in [0.29, 0.717) is 5.57 Å². The van der Waals surface area contributed by atoms with Crippen molar-refractivity contribution in [3.63, 3.8) is 0 Å². The Morgan fingerprint density at radius 2 is 1.78 bits per heavy atom. The molecule has 9 heavy (non-hydrogen) atoms. The first-order valence-electron chi connectivity index (χ1n) is 2.26. The first-order chi connectivity index (χ1) is 3.85. The highest BCUT2D eigenvalue weighted by Gasteiger charge is 2.28. The standard InChI is InChI=1S/C5H6BrF2I/c1-3(2)4(9)5(6,7)8/h1-2H3. The maximum atomic E-state index is 12.2. The number of alkyl halides is 3. The average Bonchev–Trinajstić information content (AvgIpc) is 1.62. The van der Waals surface area contributed by atoms with Crippen molar-refractivity contribution < 1.29 is 8.78 Å². The van der Waals surface area contributed by atoms with Gasteiger partial charge in [0.2, 0.25) is 0 Å². The molecule has 0 bridgehead atoms. The minimum Gasteiger partial charge on any atom is -0.188 e. The molecule has 0 heterocycles. The van der Waals surface area contributed by atoms with Gasteiger partial charge in [-0.05, 0) is 52.4 Å². The van der Waals surface area contributed by atoms with Gasteiger partial charge < -0.3 is 0 Å². The molecule has 0 radical (unpaired) electrons. The quantitative estimate of drug-likeness (QED) is 0.512. The van der Waals surface area contributed by atoms with Crippen LogP contribution in [0.4, 0.5) is 8.78 Å². The lowest BCUT2D eigenvalue weighted by Gasteiger charge is -2.07. The van der Waals surface area contributed by atoms with Crippen LogP contribution in [0.15, 0.2) is 9.15 Å². The van der Waals surface area contributed by atoms with Crippen molar-refractivity contribution in [2.24, 2.45) is 0 Å². The smallest absolute Gasteiger partial charge is 0.188 e. The summed E-state index contributed by atoms with van der Waals surface area (Å²) >= 11 is 3.87. The number of rotatable bonds is 1. The highest BCUT2D eigenvalue weighted by molar-refractivity contribution is 14.1. The van der Waals surface area contributed by atoms with Crippen molar-refractivity contribution >= 4 is 38.5 Å². The Hall–Kier alpha value is 0.810. The van der Waals surface area contributed by atoms with E-state index < -0.39 is 4.83 Å². The second kappa shape index (κ2) is 3.27. The summed E-state index contributed by atoms with van der Waals surface area (Å²) in [7, 11) is 0. The lowest BCUT2D eigenvalue weighted by molar-refractivity contribution is 0.168. The predicted molar refractivity (Wildman–Crippen MR) is 46.3 cm³/mol. The fourth-order valence-corrected chi connectivity index (χ4v) is 0.680. The summed E-state index contributed by atoms with van der Waals surface area (Å²) in [5.41, 5.74) is 0.637. The average molecular weight is 311 g/mol. The van der Waals surface area contributed by atoms with E-state index in [4.69, 9.17) is 0 Å². The molecule has 0 N–H and O–H groups in total. The van der Waals surface area contributed by atoms with E-state index in [1.807, 2.05) is 0 Å². The van der Waals surface area contributed by atoms with Gasteiger partial charge in [-0.25, -0.2) is 0 Å².